The zero-order valence-corrected chi connectivity index (χ0v) is 18.1. The van der Waals surface area contributed by atoms with Gasteiger partial charge in [0, 0.05) is 22.9 Å². The predicted molar refractivity (Wildman–Crippen MR) is 110 cm³/mol. The highest BCUT2D eigenvalue weighted by molar-refractivity contribution is 9.10. The molecule has 1 heterocycles. The number of carbonyl (C=O) groups excluding carboxylic acids is 2. The lowest BCUT2D eigenvalue weighted by Crippen LogP contribution is -2.34. The Morgan fingerprint density at radius 2 is 2.11 bits per heavy atom. The zero-order chi connectivity index (χ0) is 20.2. The quantitative estimate of drug-likeness (QED) is 0.250. The van der Waals surface area contributed by atoms with E-state index in [1.807, 2.05) is 26.8 Å². The van der Waals surface area contributed by atoms with E-state index in [2.05, 4.69) is 20.9 Å². The fourth-order valence-electron chi connectivity index (χ4n) is 2.86. The molecule has 2 rings (SSSR count). The number of nitrogens with zero attached hydrogens (tertiary/aromatic N) is 1. The Bertz CT molecular complexity index is 785. The molecular formula is C20H23BrClNO4. The summed E-state index contributed by atoms with van der Waals surface area (Å²) in [5.41, 5.74) is 2.12. The average molecular weight is 457 g/mol. The minimum absolute atomic E-state index is 0.370. The molecule has 146 valence electrons. The van der Waals surface area contributed by atoms with E-state index >= 15 is 0 Å². The number of esters is 1. The first-order valence-electron chi connectivity index (χ1n) is 8.62. The highest BCUT2D eigenvalue weighted by atomic mass is 79.9. The monoisotopic (exact) mass is 455 g/mol. The third-order valence-electron chi connectivity index (χ3n) is 4.03. The molecule has 0 saturated heterocycles. The highest BCUT2D eigenvalue weighted by Crippen LogP contribution is 2.47. The number of hydrogen-bond donors (Lipinski definition) is 0. The Hall–Kier alpha value is -1.66. The molecule has 0 aliphatic carbocycles. The van der Waals surface area contributed by atoms with Gasteiger partial charge in [0.05, 0.1) is 5.69 Å². The second-order valence-corrected chi connectivity index (χ2v) is 9.08. The number of fused-ring (bicyclic) bond motifs is 1. The van der Waals surface area contributed by atoms with E-state index in [-0.39, 0.29) is 5.97 Å². The molecule has 0 fully saturated rings. The Kier molecular flexibility index (Phi) is 6.87. The summed E-state index contributed by atoms with van der Waals surface area (Å²) in [4.78, 5) is 27.0. The molecule has 1 aliphatic rings. The maximum Gasteiger partial charge on any atom is 0.330 e. The van der Waals surface area contributed by atoms with Gasteiger partial charge in [-0.1, -0.05) is 33.6 Å². The number of halogens is 2. The summed E-state index contributed by atoms with van der Waals surface area (Å²) in [5.74, 6) is -0.370. The lowest BCUT2D eigenvalue weighted by atomic mass is 9.89. The molecule has 0 aromatic heterocycles. The van der Waals surface area contributed by atoms with Gasteiger partial charge in [-0.05, 0) is 58.2 Å². The fourth-order valence-corrected chi connectivity index (χ4v) is 3.76. The number of allylic oxidation sites excluding steroid dienone is 1. The molecule has 1 aromatic carbocycles. The van der Waals surface area contributed by atoms with Gasteiger partial charge in [0.2, 0.25) is 0 Å². The van der Waals surface area contributed by atoms with Gasteiger partial charge in [-0.25, -0.2) is 4.79 Å². The van der Waals surface area contributed by atoms with Crippen LogP contribution in [0.2, 0.25) is 5.02 Å². The summed E-state index contributed by atoms with van der Waals surface area (Å²) in [6.45, 7) is 7.70. The minimum atomic E-state index is -0.710. The fraction of sp³-hybridized carbons (Fsp3) is 0.450. The third kappa shape index (κ3) is 5.42. The maximum atomic E-state index is 11.8. The summed E-state index contributed by atoms with van der Waals surface area (Å²) < 4.78 is 9.69. The Balaban J connectivity index is 2.18. The van der Waals surface area contributed by atoms with Crippen LogP contribution in [0.25, 0.3) is 0 Å². The van der Waals surface area contributed by atoms with Crippen molar-refractivity contribution in [2.75, 3.05) is 0 Å². The second kappa shape index (κ2) is 8.57. The van der Waals surface area contributed by atoms with Crippen molar-refractivity contribution in [2.24, 2.45) is 4.99 Å². The zero-order valence-electron chi connectivity index (χ0n) is 15.8. The van der Waals surface area contributed by atoms with Crippen LogP contribution in [0.1, 0.15) is 45.2 Å². The molecule has 5 nitrogen and oxygen atoms in total. The molecule has 1 aliphatic heterocycles. The number of hydrogen-bond acceptors (Lipinski definition) is 5. The molecule has 2 unspecified atom stereocenters. The van der Waals surface area contributed by atoms with Crippen LogP contribution in [0.15, 0.2) is 29.3 Å². The van der Waals surface area contributed by atoms with Crippen LogP contribution in [0.5, 0.6) is 0 Å². The summed E-state index contributed by atoms with van der Waals surface area (Å²) >= 11 is 9.91. The highest BCUT2D eigenvalue weighted by Gasteiger charge is 2.42. The van der Waals surface area contributed by atoms with Gasteiger partial charge in [0.1, 0.15) is 16.0 Å². The molecule has 27 heavy (non-hydrogen) atoms. The van der Waals surface area contributed by atoms with Gasteiger partial charge in [-0.15, -0.1) is 0 Å². The molecule has 0 N–H and O–H groups in total. The molecule has 0 spiro atoms. The summed E-state index contributed by atoms with van der Waals surface area (Å²) in [7, 11) is 0. The molecule has 1 aromatic rings. The average Bonchev–Trinajstić information content (AvgIpc) is 2.88. The number of carbonyl (C=O) groups is 2. The first-order valence-corrected chi connectivity index (χ1v) is 9.79. The number of alkyl halides is 1. The standard InChI is InChI=1S/C20H23BrClNO4/c1-13(26-12-24)20(21)11-23-16-10-15(22)9-14(18(16)20)7-5-6-8-17(25)27-19(2,3)4/h6,8-13H,5,7H2,1-4H3. The molecule has 2 atom stereocenters. The lowest BCUT2D eigenvalue weighted by molar-refractivity contribution is -0.148. The van der Waals surface area contributed by atoms with Gasteiger partial charge in [-0.3, -0.25) is 9.79 Å². The van der Waals surface area contributed by atoms with Gasteiger partial charge < -0.3 is 9.47 Å². The van der Waals surface area contributed by atoms with Crippen LogP contribution in [-0.4, -0.2) is 30.4 Å². The van der Waals surface area contributed by atoms with Crippen molar-refractivity contribution in [1.29, 1.82) is 0 Å². The molecule has 0 saturated carbocycles. The van der Waals surface area contributed by atoms with E-state index < -0.39 is 16.0 Å². The van der Waals surface area contributed by atoms with Crippen LogP contribution in [0, 0.1) is 0 Å². The van der Waals surface area contributed by atoms with E-state index in [9.17, 15) is 9.59 Å². The smallest absolute Gasteiger partial charge is 0.330 e. The topological polar surface area (TPSA) is 65.0 Å². The maximum absolute atomic E-state index is 11.8. The number of aryl methyl sites for hydroxylation is 1. The molecule has 0 bridgehead atoms. The van der Waals surface area contributed by atoms with Crippen molar-refractivity contribution >= 4 is 51.9 Å². The van der Waals surface area contributed by atoms with Crippen LogP contribution < -0.4 is 0 Å². The Morgan fingerprint density at radius 3 is 2.74 bits per heavy atom. The van der Waals surface area contributed by atoms with Crippen molar-refractivity contribution in [2.45, 2.75) is 56.6 Å². The van der Waals surface area contributed by atoms with Crippen LogP contribution in [-0.2, 0) is 29.8 Å². The Labute approximate surface area is 172 Å². The van der Waals surface area contributed by atoms with Crippen LogP contribution in [0.4, 0.5) is 5.69 Å². The summed E-state index contributed by atoms with van der Waals surface area (Å²) in [6, 6.07) is 3.66. The van der Waals surface area contributed by atoms with Crippen LogP contribution in [0.3, 0.4) is 0 Å². The van der Waals surface area contributed by atoms with E-state index in [1.54, 1.807) is 25.3 Å². The molecule has 0 radical (unpaired) electrons. The van der Waals surface area contributed by atoms with Crippen molar-refractivity contribution in [3.63, 3.8) is 0 Å². The van der Waals surface area contributed by atoms with E-state index in [0.717, 1.165) is 16.8 Å². The largest absolute Gasteiger partial charge is 0.463 e. The molecule has 7 heteroatoms. The lowest BCUT2D eigenvalue weighted by Gasteiger charge is -2.28. The second-order valence-electron chi connectivity index (χ2n) is 7.33. The number of rotatable bonds is 7. The predicted octanol–water partition coefficient (Wildman–Crippen LogP) is 5.04. The van der Waals surface area contributed by atoms with Crippen molar-refractivity contribution in [3.8, 4) is 0 Å². The number of benzene rings is 1. The number of ether oxygens (including phenoxy) is 2. The van der Waals surface area contributed by atoms with E-state index in [1.165, 1.54) is 6.08 Å². The van der Waals surface area contributed by atoms with Crippen molar-refractivity contribution in [1.82, 2.24) is 0 Å². The summed E-state index contributed by atoms with van der Waals surface area (Å²) in [5, 5.41) is 0.581. The van der Waals surface area contributed by atoms with Crippen molar-refractivity contribution < 1.29 is 19.1 Å². The Morgan fingerprint density at radius 1 is 1.41 bits per heavy atom. The number of aliphatic imine (C=N–C) groups is 1. The van der Waals surface area contributed by atoms with Crippen LogP contribution >= 0.6 is 27.5 Å². The van der Waals surface area contributed by atoms with E-state index in [4.69, 9.17) is 21.1 Å². The van der Waals surface area contributed by atoms with Gasteiger partial charge >= 0.3 is 5.97 Å². The normalized spacial score (nSPS) is 19.8. The van der Waals surface area contributed by atoms with Gasteiger partial charge in [0.15, 0.2) is 0 Å². The first-order chi connectivity index (χ1) is 12.6. The van der Waals surface area contributed by atoms with Gasteiger partial charge in [-0.2, -0.15) is 0 Å². The minimum Gasteiger partial charge on any atom is -0.463 e. The van der Waals surface area contributed by atoms with Crippen molar-refractivity contribution in [3.05, 3.63) is 40.4 Å². The van der Waals surface area contributed by atoms with E-state index in [0.29, 0.717) is 24.3 Å². The molecule has 0 amide bonds. The SMILES string of the molecule is CC(OC=O)C1(Br)C=Nc2cc(Cl)cc(CCC=CC(=O)OC(C)(C)C)c21. The summed E-state index contributed by atoms with van der Waals surface area (Å²) in [6.07, 6.45) is 5.76. The van der Waals surface area contributed by atoms with Gasteiger partial charge in [0.25, 0.3) is 6.47 Å². The third-order valence-corrected chi connectivity index (χ3v) is 5.50. The first kappa shape index (κ1) is 21.6. The molecular weight excluding hydrogens is 434 g/mol.